The fraction of sp³-hybridized carbons (Fsp3) is 0.600. The van der Waals surface area contributed by atoms with Crippen molar-refractivity contribution in [3.8, 4) is 0 Å². The summed E-state index contributed by atoms with van der Waals surface area (Å²) in [6.45, 7) is 1.21. The third-order valence-corrected chi connectivity index (χ3v) is 7.35. The van der Waals surface area contributed by atoms with Crippen molar-refractivity contribution >= 4 is 21.8 Å². The molecule has 1 aliphatic heterocycles. The van der Waals surface area contributed by atoms with Crippen LogP contribution in [0.5, 0.6) is 0 Å². The Balaban J connectivity index is 1.85. The minimum absolute atomic E-state index is 0.154. The molecule has 0 bridgehead atoms. The van der Waals surface area contributed by atoms with E-state index in [1.54, 1.807) is 28.2 Å². The van der Waals surface area contributed by atoms with Gasteiger partial charge in [-0.2, -0.15) is 4.31 Å². The van der Waals surface area contributed by atoms with Crippen LogP contribution >= 0.6 is 11.8 Å². The van der Waals surface area contributed by atoms with Crippen LogP contribution < -0.4 is 5.73 Å². The van der Waals surface area contributed by atoms with Crippen molar-refractivity contribution in [2.75, 3.05) is 19.3 Å². The highest BCUT2D eigenvalue weighted by Gasteiger charge is 2.43. The molecule has 21 heavy (non-hydrogen) atoms. The molecule has 1 heterocycles. The van der Waals surface area contributed by atoms with Gasteiger partial charge in [0.05, 0.1) is 4.90 Å². The lowest BCUT2D eigenvalue weighted by Crippen LogP contribution is -2.38. The number of nitrogens with two attached hydrogens (primary N) is 1. The second-order valence-electron chi connectivity index (χ2n) is 6.02. The second-order valence-corrected chi connectivity index (χ2v) is 8.84. The van der Waals surface area contributed by atoms with Gasteiger partial charge in [0.2, 0.25) is 10.0 Å². The second kappa shape index (κ2) is 5.91. The van der Waals surface area contributed by atoms with Gasteiger partial charge in [-0.1, -0.05) is 12.5 Å². The first-order chi connectivity index (χ1) is 10.0. The van der Waals surface area contributed by atoms with E-state index in [4.69, 9.17) is 5.73 Å². The third-order valence-electron chi connectivity index (χ3n) is 4.80. The lowest BCUT2D eigenvalue weighted by Gasteiger charge is -2.29. The van der Waals surface area contributed by atoms with Gasteiger partial charge in [0.15, 0.2) is 0 Å². The molecule has 4 nitrogen and oxygen atoms in total. The monoisotopic (exact) mass is 326 g/mol. The van der Waals surface area contributed by atoms with Crippen molar-refractivity contribution in [2.24, 2.45) is 17.6 Å². The molecule has 3 unspecified atom stereocenters. The number of thioether (sulfide) groups is 1. The maximum Gasteiger partial charge on any atom is 0.243 e. The molecule has 116 valence electrons. The number of hydrogen-bond acceptors (Lipinski definition) is 4. The molecule has 1 saturated carbocycles. The molecule has 1 aromatic rings. The van der Waals surface area contributed by atoms with E-state index in [2.05, 4.69) is 0 Å². The van der Waals surface area contributed by atoms with E-state index in [9.17, 15) is 8.42 Å². The van der Waals surface area contributed by atoms with Crippen LogP contribution in [-0.4, -0.2) is 38.1 Å². The van der Waals surface area contributed by atoms with Gasteiger partial charge in [-0.05, 0) is 49.1 Å². The fourth-order valence-electron chi connectivity index (χ4n) is 3.58. The molecule has 1 aromatic carbocycles. The number of fused-ring (bicyclic) bond motifs is 1. The van der Waals surface area contributed by atoms with Crippen molar-refractivity contribution in [2.45, 2.75) is 35.1 Å². The maximum absolute atomic E-state index is 12.8. The Kier molecular flexibility index (Phi) is 4.32. The van der Waals surface area contributed by atoms with Crippen LogP contribution in [0.3, 0.4) is 0 Å². The highest BCUT2D eigenvalue weighted by atomic mass is 32.2. The summed E-state index contributed by atoms with van der Waals surface area (Å²) < 4.78 is 27.3. The minimum atomic E-state index is -3.39. The van der Waals surface area contributed by atoms with E-state index in [0.29, 0.717) is 29.8 Å². The zero-order chi connectivity index (χ0) is 15.0. The van der Waals surface area contributed by atoms with Crippen molar-refractivity contribution in [3.63, 3.8) is 0 Å². The number of rotatable bonds is 3. The molecule has 1 aliphatic carbocycles. The Morgan fingerprint density at radius 1 is 1.29 bits per heavy atom. The quantitative estimate of drug-likeness (QED) is 0.865. The van der Waals surface area contributed by atoms with Gasteiger partial charge in [0.1, 0.15) is 0 Å². The van der Waals surface area contributed by atoms with Gasteiger partial charge in [-0.25, -0.2) is 8.42 Å². The third kappa shape index (κ3) is 2.86. The van der Waals surface area contributed by atoms with E-state index in [1.807, 2.05) is 18.4 Å². The van der Waals surface area contributed by atoms with Crippen LogP contribution in [0.2, 0.25) is 0 Å². The molecule has 2 fully saturated rings. The van der Waals surface area contributed by atoms with Gasteiger partial charge in [-0.3, -0.25) is 0 Å². The van der Waals surface area contributed by atoms with Crippen LogP contribution in [0.4, 0.5) is 0 Å². The van der Waals surface area contributed by atoms with Crippen LogP contribution in [0, 0.1) is 11.8 Å². The Bertz CT molecular complexity index is 618. The Morgan fingerprint density at radius 2 is 2.10 bits per heavy atom. The van der Waals surface area contributed by atoms with Crippen LogP contribution in [0.1, 0.15) is 19.3 Å². The molecule has 0 spiro atoms. The summed E-state index contributed by atoms with van der Waals surface area (Å²) in [5, 5.41) is 0. The Hall–Kier alpha value is -0.560. The molecule has 2 aliphatic rings. The summed E-state index contributed by atoms with van der Waals surface area (Å²) in [5.74, 6) is 0.768. The average molecular weight is 326 g/mol. The van der Waals surface area contributed by atoms with Crippen molar-refractivity contribution in [1.82, 2.24) is 4.31 Å². The predicted octanol–water partition coefficient (Wildman–Crippen LogP) is 2.16. The van der Waals surface area contributed by atoms with Crippen molar-refractivity contribution < 1.29 is 8.42 Å². The lowest BCUT2D eigenvalue weighted by atomic mass is 9.78. The summed E-state index contributed by atoms with van der Waals surface area (Å²) in [4.78, 5) is 1.38. The Labute approximate surface area is 131 Å². The molecule has 0 amide bonds. The molecule has 6 heteroatoms. The number of benzene rings is 1. The van der Waals surface area contributed by atoms with Gasteiger partial charge < -0.3 is 5.73 Å². The largest absolute Gasteiger partial charge is 0.327 e. The molecular formula is C15H22N2O2S2. The van der Waals surface area contributed by atoms with E-state index in [-0.39, 0.29) is 6.04 Å². The van der Waals surface area contributed by atoms with E-state index in [0.717, 1.165) is 24.2 Å². The Morgan fingerprint density at radius 3 is 2.81 bits per heavy atom. The number of hydrogen-bond donors (Lipinski definition) is 1. The zero-order valence-corrected chi connectivity index (χ0v) is 13.9. The summed E-state index contributed by atoms with van der Waals surface area (Å²) in [7, 11) is -3.39. The van der Waals surface area contributed by atoms with Crippen LogP contribution in [0.25, 0.3) is 0 Å². The van der Waals surface area contributed by atoms with Gasteiger partial charge in [0.25, 0.3) is 0 Å². The lowest BCUT2D eigenvalue weighted by molar-refractivity contribution is 0.260. The first-order valence-electron chi connectivity index (χ1n) is 7.42. The van der Waals surface area contributed by atoms with E-state index >= 15 is 0 Å². The standard InChI is InChI=1S/C15H22N2O2S2/c1-20-12-5-3-6-13(8-12)21(18,19)17-9-11-4-2-7-15(16)14(11)10-17/h3,5-6,8,11,14-15H,2,4,7,9-10,16H2,1H3. The first-order valence-corrected chi connectivity index (χ1v) is 10.1. The number of nitrogens with zero attached hydrogens (tertiary/aromatic N) is 1. The van der Waals surface area contributed by atoms with Gasteiger partial charge in [-0.15, -0.1) is 11.8 Å². The molecule has 2 N–H and O–H groups in total. The van der Waals surface area contributed by atoms with Gasteiger partial charge in [0, 0.05) is 24.0 Å². The first kappa shape index (κ1) is 15.3. The zero-order valence-electron chi connectivity index (χ0n) is 12.2. The molecular weight excluding hydrogens is 304 g/mol. The predicted molar refractivity (Wildman–Crippen MR) is 85.8 cm³/mol. The summed E-state index contributed by atoms with van der Waals surface area (Å²) in [6, 6.07) is 7.36. The average Bonchev–Trinajstić information content (AvgIpc) is 2.94. The number of sulfonamides is 1. The fourth-order valence-corrected chi connectivity index (χ4v) is 5.70. The topological polar surface area (TPSA) is 63.4 Å². The highest BCUT2D eigenvalue weighted by Crippen LogP contribution is 2.38. The summed E-state index contributed by atoms with van der Waals surface area (Å²) in [5.41, 5.74) is 6.18. The smallest absolute Gasteiger partial charge is 0.243 e. The van der Waals surface area contributed by atoms with Crippen molar-refractivity contribution in [3.05, 3.63) is 24.3 Å². The summed E-state index contributed by atoms with van der Waals surface area (Å²) in [6.07, 6.45) is 5.21. The summed E-state index contributed by atoms with van der Waals surface area (Å²) >= 11 is 1.56. The molecule has 0 radical (unpaired) electrons. The SMILES string of the molecule is CSc1cccc(S(=O)(=O)N2CC3CCCC(N)C3C2)c1. The molecule has 3 atom stereocenters. The molecule has 3 rings (SSSR count). The minimum Gasteiger partial charge on any atom is -0.327 e. The van der Waals surface area contributed by atoms with Crippen LogP contribution in [0.15, 0.2) is 34.1 Å². The van der Waals surface area contributed by atoms with Crippen molar-refractivity contribution in [1.29, 1.82) is 0 Å². The highest BCUT2D eigenvalue weighted by molar-refractivity contribution is 7.98. The van der Waals surface area contributed by atoms with Gasteiger partial charge >= 0.3 is 0 Å². The molecule has 0 aromatic heterocycles. The maximum atomic E-state index is 12.8. The van der Waals surface area contributed by atoms with E-state index < -0.39 is 10.0 Å². The normalized spacial score (nSPS) is 30.3. The van der Waals surface area contributed by atoms with E-state index in [1.165, 1.54) is 0 Å². The molecule has 1 saturated heterocycles. The van der Waals surface area contributed by atoms with Crippen LogP contribution in [-0.2, 0) is 10.0 Å².